The van der Waals surface area contributed by atoms with Gasteiger partial charge in [-0.3, -0.25) is 9.48 Å². The zero-order valence-corrected chi connectivity index (χ0v) is 19.3. The molecule has 0 saturated carbocycles. The van der Waals surface area contributed by atoms with E-state index in [-0.39, 0.29) is 17.0 Å². The van der Waals surface area contributed by atoms with Gasteiger partial charge in [-0.1, -0.05) is 23.7 Å². The quantitative estimate of drug-likeness (QED) is 0.455. The lowest BCUT2D eigenvalue weighted by atomic mass is 10.2. The van der Waals surface area contributed by atoms with E-state index >= 15 is 0 Å². The average molecular weight is 472 g/mol. The number of carbonyl (C=O) groups is 1. The molecule has 166 valence electrons. The number of benzene rings is 2. The van der Waals surface area contributed by atoms with Crippen molar-refractivity contribution >= 4 is 49.3 Å². The zero-order chi connectivity index (χ0) is 22.6. The van der Waals surface area contributed by atoms with Crippen molar-refractivity contribution < 1.29 is 13.2 Å². The number of carbonyl (C=O) groups excluding carboxylic acids is 1. The van der Waals surface area contributed by atoms with Crippen molar-refractivity contribution in [3.05, 3.63) is 53.3 Å². The molecule has 4 aromatic rings. The van der Waals surface area contributed by atoms with Gasteiger partial charge in [-0.15, -0.1) is 0 Å². The largest absolute Gasteiger partial charge is 0.341 e. The molecule has 1 aliphatic heterocycles. The van der Waals surface area contributed by atoms with Crippen LogP contribution in [0.3, 0.4) is 0 Å². The first-order chi connectivity index (χ1) is 15.2. The third kappa shape index (κ3) is 3.55. The Kier molecular flexibility index (Phi) is 4.98. The van der Waals surface area contributed by atoms with Gasteiger partial charge in [0.2, 0.25) is 5.91 Å². The number of aromatic nitrogens is 4. The van der Waals surface area contributed by atoms with Gasteiger partial charge >= 0.3 is 0 Å². The monoisotopic (exact) mass is 471 g/mol. The Labute approximate surface area is 190 Å². The van der Waals surface area contributed by atoms with Gasteiger partial charge in [0.1, 0.15) is 5.82 Å². The Morgan fingerprint density at radius 2 is 1.97 bits per heavy atom. The van der Waals surface area contributed by atoms with E-state index in [0.29, 0.717) is 30.0 Å². The number of imidazole rings is 1. The Hall–Kier alpha value is -2.91. The number of rotatable bonds is 4. The SMILES string of the molecule is CC(=O)N1CCC(n2c(Cn3nc(S(C)(=O)=O)c4ccccc43)nc3cc(Cl)ccc32)C1. The first-order valence-electron chi connectivity index (χ1n) is 10.3. The number of nitrogens with zero attached hydrogens (tertiary/aromatic N) is 5. The van der Waals surface area contributed by atoms with Crippen LogP contribution in [-0.4, -0.2) is 57.9 Å². The summed E-state index contributed by atoms with van der Waals surface area (Å²) in [4.78, 5) is 18.6. The normalized spacial score (nSPS) is 17.0. The van der Waals surface area contributed by atoms with Crippen molar-refractivity contribution in [2.24, 2.45) is 0 Å². The molecular formula is C22H22ClN5O3S. The lowest BCUT2D eigenvalue weighted by Crippen LogP contribution is -2.27. The Balaban J connectivity index is 1.65. The first kappa shape index (κ1) is 21.0. The minimum atomic E-state index is -3.49. The standard InChI is InChI=1S/C22H22ClN5O3S/c1-14(29)26-10-9-16(12-26)28-20-8-7-15(23)11-18(20)24-21(28)13-27-19-6-4-3-5-17(19)22(25-27)32(2,30)31/h3-8,11,16H,9-10,12-13H2,1-2H3. The van der Waals surface area contributed by atoms with Crippen molar-refractivity contribution in [2.75, 3.05) is 19.3 Å². The van der Waals surface area contributed by atoms with Crippen molar-refractivity contribution in [1.82, 2.24) is 24.2 Å². The highest BCUT2D eigenvalue weighted by Gasteiger charge is 2.29. The predicted molar refractivity (Wildman–Crippen MR) is 123 cm³/mol. The fourth-order valence-corrected chi connectivity index (χ4v) is 5.49. The molecule has 1 amide bonds. The summed E-state index contributed by atoms with van der Waals surface area (Å²) in [6.07, 6.45) is 1.98. The van der Waals surface area contributed by atoms with Crippen LogP contribution in [0.4, 0.5) is 0 Å². The molecule has 5 rings (SSSR count). The molecule has 8 nitrogen and oxygen atoms in total. The second-order valence-corrected chi connectivity index (χ2v) is 10.6. The summed E-state index contributed by atoms with van der Waals surface area (Å²) in [6, 6.07) is 12.9. The molecule has 2 aromatic carbocycles. The van der Waals surface area contributed by atoms with E-state index in [1.165, 1.54) is 0 Å². The molecule has 0 N–H and O–H groups in total. The number of halogens is 1. The summed E-state index contributed by atoms with van der Waals surface area (Å²) in [7, 11) is -3.49. The number of fused-ring (bicyclic) bond motifs is 2. The van der Waals surface area contributed by atoms with Gasteiger partial charge < -0.3 is 9.47 Å². The summed E-state index contributed by atoms with van der Waals surface area (Å²) >= 11 is 6.21. The minimum absolute atomic E-state index is 0.0531. The van der Waals surface area contributed by atoms with E-state index in [2.05, 4.69) is 9.67 Å². The molecule has 0 spiro atoms. The highest BCUT2D eigenvalue weighted by Crippen LogP contribution is 2.31. The van der Waals surface area contributed by atoms with Gasteiger partial charge in [-0.25, -0.2) is 13.4 Å². The number of para-hydroxylation sites is 1. The molecule has 2 aromatic heterocycles. The summed E-state index contributed by atoms with van der Waals surface area (Å²) in [5, 5.41) is 5.68. The van der Waals surface area contributed by atoms with Crippen molar-refractivity contribution in [3.8, 4) is 0 Å². The van der Waals surface area contributed by atoms with Crippen LogP contribution in [0.25, 0.3) is 21.9 Å². The van der Waals surface area contributed by atoms with E-state index in [1.54, 1.807) is 23.7 Å². The number of hydrogen-bond donors (Lipinski definition) is 0. The maximum absolute atomic E-state index is 12.3. The molecule has 1 fully saturated rings. The fourth-order valence-electron chi connectivity index (χ4n) is 4.50. The van der Waals surface area contributed by atoms with Crippen LogP contribution in [0.15, 0.2) is 47.5 Å². The molecule has 3 heterocycles. The number of amides is 1. The average Bonchev–Trinajstić information content (AvgIpc) is 3.43. The van der Waals surface area contributed by atoms with Gasteiger partial charge in [0.05, 0.1) is 29.1 Å². The van der Waals surface area contributed by atoms with Crippen LogP contribution in [-0.2, 0) is 21.2 Å². The highest BCUT2D eigenvalue weighted by molar-refractivity contribution is 7.90. The van der Waals surface area contributed by atoms with Crippen LogP contribution in [0.1, 0.15) is 25.2 Å². The third-order valence-corrected chi connectivity index (χ3v) is 7.20. The van der Waals surface area contributed by atoms with Crippen LogP contribution in [0, 0.1) is 0 Å². The van der Waals surface area contributed by atoms with Crippen molar-refractivity contribution in [2.45, 2.75) is 31.0 Å². The fraction of sp³-hybridized carbons (Fsp3) is 0.318. The number of likely N-dealkylation sites (tertiary alicyclic amines) is 1. The molecule has 1 aliphatic rings. The van der Waals surface area contributed by atoms with Crippen LogP contribution < -0.4 is 0 Å². The van der Waals surface area contributed by atoms with E-state index in [1.807, 2.05) is 35.2 Å². The second kappa shape index (κ2) is 7.60. The summed E-state index contributed by atoms with van der Waals surface area (Å²) in [6.45, 7) is 3.16. The minimum Gasteiger partial charge on any atom is -0.341 e. The van der Waals surface area contributed by atoms with Crippen LogP contribution in [0.2, 0.25) is 5.02 Å². The van der Waals surface area contributed by atoms with Gasteiger partial charge in [0.15, 0.2) is 14.9 Å². The highest BCUT2D eigenvalue weighted by atomic mass is 35.5. The predicted octanol–water partition coefficient (Wildman–Crippen LogP) is 3.28. The molecule has 1 saturated heterocycles. The Bertz CT molecular complexity index is 1470. The lowest BCUT2D eigenvalue weighted by Gasteiger charge is -2.18. The molecule has 32 heavy (non-hydrogen) atoms. The Morgan fingerprint density at radius 3 is 2.69 bits per heavy atom. The summed E-state index contributed by atoms with van der Waals surface area (Å²) in [5.74, 6) is 0.795. The van der Waals surface area contributed by atoms with Gasteiger partial charge in [-0.2, -0.15) is 5.10 Å². The molecular weight excluding hydrogens is 450 g/mol. The molecule has 0 bridgehead atoms. The smallest absolute Gasteiger partial charge is 0.219 e. The molecule has 1 atom stereocenters. The van der Waals surface area contributed by atoms with E-state index in [4.69, 9.17) is 16.6 Å². The van der Waals surface area contributed by atoms with Crippen molar-refractivity contribution in [1.29, 1.82) is 0 Å². The van der Waals surface area contributed by atoms with Crippen molar-refractivity contribution in [3.63, 3.8) is 0 Å². The van der Waals surface area contributed by atoms with Gasteiger partial charge in [-0.05, 0) is 36.8 Å². The van der Waals surface area contributed by atoms with Gasteiger partial charge in [0.25, 0.3) is 0 Å². The van der Waals surface area contributed by atoms with Crippen LogP contribution in [0.5, 0.6) is 0 Å². The second-order valence-electron chi connectivity index (χ2n) is 8.19. The lowest BCUT2D eigenvalue weighted by molar-refractivity contribution is -0.127. The Morgan fingerprint density at radius 1 is 1.19 bits per heavy atom. The van der Waals surface area contributed by atoms with E-state index in [9.17, 15) is 13.2 Å². The third-order valence-electron chi connectivity index (χ3n) is 5.96. The summed E-state index contributed by atoms with van der Waals surface area (Å²) < 4.78 is 28.5. The molecule has 10 heteroatoms. The first-order valence-corrected chi connectivity index (χ1v) is 12.6. The molecule has 0 radical (unpaired) electrons. The molecule has 0 aliphatic carbocycles. The number of sulfone groups is 1. The van der Waals surface area contributed by atoms with Gasteiger partial charge in [0, 0.05) is 36.7 Å². The number of hydrogen-bond acceptors (Lipinski definition) is 5. The zero-order valence-electron chi connectivity index (χ0n) is 17.7. The van der Waals surface area contributed by atoms with Crippen LogP contribution >= 0.6 is 11.6 Å². The molecule has 1 unspecified atom stereocenters. The maximum atomic E-state index is 12.3. The summed E-state index contributed by atoms with van der Waals surface area (Å²) in [5.41, 5.74) is 2.41. The van der Waals surface area contributed by atoms with E-state index in [0.717, 1.165) is 35.1 Å². The van der Waals surface area contributed by atoms with E-state index < -0.39 is 9.84 Å². The topological polar surface area (TPSA) is 90.1 Å². The maximum Gasteiger partial charge on any atom is 0.219 e.